The van der Waals surface area contributed by atoms with Gasteiger partial charge in [-0.1, -0.05) is 13.8 Å². The van der Waals surface area contributed by atoms with E-state index in [4.69, 9.17) is 4.74 Å². The molecule has 0 bridgehead atoms. The van der Waals surface area contributed by atoms with Gasteiger partial charge < -0.3 is 9.64 Å². The molecule has 1 heterocycles. The molecule has 0 aromatic carbocycles. The van der Waals surface area contributed by atoms with Crippen LogP contribution < -0.4 is 9.64 Å². The van der Waals surface area contributed by atoms with Crippen LogP contribution in [0.1, 0.15) is 13.8 Å². The molecule has 13 heavy (non-hydrogen) atoms. The molecule has 0 fully saturated rings. The summed E-state index contributed by atoms with van der Waals surface area (Å²) in [6.45, 7) is 4.00. The summed E-state index contributed by atoms with van der Waals surface area (Å²) in [5.41, 5.74) is 0.995. The van der Waals surface area contributed by atoms with Crippen LogP contribution in [0.25, 0.3) is 0 Å². The number of hydrogen-bond donors (Lipinski definition) is 0. The maximum absolute atomic E-state index is 5.12. The van der Waals surface area contributed by atoms with Crippen LogP contribution in [-0.2, 0) is 0 Å². The number of hydrogen-bond acceptors (Lipinski definition) is 3. The lowest BCUT2D eigenvalue weighted by Gasteiger charge is -2.14. The van der Waals surface area contributed by atoms with Gasteiger partial charge in [-0.05, 0) is 0 Å². The van der Waals surface area contributed by atoms with E-state index in [1.807, 2.05) is 38.9 Å². The predicted molar refractivity (Wildman–Crippen MR) is 56.5 cm³/mol. The Labute approximate surface area is 80.4 Å². The molecular weight excluding hydrogens is 164 g/mol. The van der Waals surface area contributed by atoms with Gasteiger partial charge >= 0.3 is 0 Å². The quantitative estimate of drug-likeness (QED) is 0.701. The first-order valence-electron chi connectivity index (χ1n) is 4.41. The summed E-state index contributed by atoms with van der Waals surface area (Å²) in [7, 11) is 5.57. The van der Waals surface area contributed by atoms with Crippen LogP contribution >= 0.6 is 0 Å². The van der Waals surface area contributed by atoms with E-state index in [9.17, 15) is 0 Å². The van der Waals surface area contributed by atoms with Crippen molar-refractivity contribution in [3.8, 4) is 5.75 Å². The summed E-state index contributed by atoms with van der Waals surface area (Å²) >= 11 is 0. The van der Waals surface area contributed by atoms with Crippen molar-refractivity contribution in [1.82, 2.24) is 4.98 Å². The minimum Gasteiger partial charge on any atom is -0.494 e. The molecule has 3 nitrogen and oxygen atoms in total. The molecule has 0 aliphatic rings. The number of methoxy groups -OCH3 is 1. The van der Waals surface area contributed by atoms with Crippen molar-refractivity contribution in [3.05, 3.63) is 18.5 Å². The van der Waals surface area contributed by atoms with E-state index in [2.05, 4.69) is 4.98 Å². The largest absolute Gasteiger partial charge is 0.494 e. The van der Waals surface area contributed by atoms with Crippen LogP contribution in [0.3, 0.4) is 0 Å². The zero-order valence-corrected chi connectivity index (χ0v) is 9.03. The highest BCUT2D eigenvalue weighted by atomic mass is 16.5. The van der Waals surface area contributed by atoms with Crippen molar-refractivity contribution in [2.75, 3.05) is 26.1 Å². The predicted octanol–water partition coefficient (Wildman–Crippen LogP) is 2.18. The van der Waals surface area contributed by atoms with Crippen molar-refractivity contribution < 1.29 is 4.74 Å². The number of aromatic nitrogens is 1. The lowest BCUT2D eigenvalue weighted by Crippen LogP contribution is -2.10. The molecule has 0 saturated carbocycles. The van der Waals surface area contributed by atoms with Crippen molar-refractivity contribution in [2.45, 2.75) is 13.8 Å². The van der Waals surface area contributed by atoms with Crippen LogP contribution in [0.2, 0.25) is 0 Å². The van der Waals surface area contributed by atoms with E-state index < -0.39 is 0 Å². The van der Waals surface area contributed by atoms with Crippen LogP contribution in [0.15, 0.2) is 18.5 Å². The van der Waals surface area contributed by atoms with Crippen molar-refractivity contribution in [2.24, 2.45) is 0 Å². The van der Waals surface area contributed by atoms with Gasteiger partial charge in [-0.3, -0.25) is 4.98 Å². The second-order valence-corrected chi connectivity index (χ2v) is 2.44. The van der Waals surface area contributed by atoms with E-state index in [1.54, 1.807) is 19.5 Å². The Balaban J connectivity index is 0.000000671. The molecule has 0 saturated heterocycles. The SMILES string of the molecule is CC.COc1ccncc1N(C)C. The van der Waals surface area contributed by atoms with Crippen LogP contribution in [0, 0.1) is 0 Å². The zero-order valence-electron chi connectivity index (χ0n) is 9.03. The average molecular weight is 182 g/mol. The highest BCUT2D eigenvalue weighted by Crippen LogP contribution is 2.23. The first kappa shape index (κ1) is 11.8. The molecule has 0 N–H and O–H groups in total. The fourth-order valence-corrected chi connectivity index (χ4v) is 0.882. The molecule has 0 aliphatic carbocycles. The molecule has 0 atom stereocenters. The van der Waals surface area contributed by atoms with Gasteiger partial charge in [0.2, 0.25) is 0 Å². The first-order chi connectivity index (χ1) is 6.25. The minimum atomic E-state index is 0.852. The molecule has 1 aromatic heterocycles. The van der Waals surface area contributed by atoms with Crippen molar-refractivity contribution in [1.29, 1.82) is 0 Å². The highest BCUT2D eigenvalue weighted by Gasteiger charge is 2.01. The topological polar surface area (TPSA) is 25.4 Å². The summed E-state index contributed by atoms with van der Waals surface area (Å²) in [4.78, 5) is 5.96. The number of nitrogens with zero attached hydrogens (tertiary/aromatic N) is 2. The van der Waals surface area contributed by atoms with Gasteiger partial charge in [0, 0.05) is 26.4 Å². The Kier molecular flexibility index (Phi) is 5.68. The summed E-state index contributed by atoms with van der Waals surface area (Å²) in [5.74, 6) is 0.852. The van der Waals surface area contributed by atoms with Gasteiger partial charge in [0.25, 0.3) is 0 Å². The lowest BCUT2D eigenvalue weighted by molar-refractivity contribution is 0.415. The fourth-order valence-electron chi connectivity index (χ4n) is 0.882. The third-order valence-corrected chi connectivity index (χ3v) is 1.46. The smallest absolute Gasteiger partial charge is 0.145 e. The number of rotatable bonds is 2. The number of pyridine rings is 1. The summed E-state index contributed by atoms with van der Waals surface area (Å²) in [6.07, 6.45) is 3.49. The second-order valence-electron chi connectivity index (χ2n) is 2.44. The minimum absolute atomic E-state index is 0.852. The second kappa shape index (κ2) is 6.29. The molecule has 0 amide bonds. The monoisotopic (exact) mass is 182 g/mol. The summed E-state index contributed by atoms with van der Waals surface area (Å²) in [6, 6.07) is 1.84. The van der Waals surface area contributed by atoms with Gasteiger partial charge in [0.1, 0.15) is 5.75 Å². The molecule has 0 unspecified atom stereocenters. The third-order valence-electron chi connectivity index (χ3n) is 1.46. The molecule has 0 radical (unpaired) electrons. The molecular formula is C10H18N2O. The van der Waals surface area contributed by atoms with Crippen molar-refractivity contribution >= 4 is 5.69 Å². The van der Waals surface area contributed by atoms with E-state index in [0.29, 0.717) is 0 Å². The van der Waals surface area contributed by atoms with E-state index in [1.165, 1.54) is 0 Å². The van der Waals surface area contributed by atoms with Gasteiger partial charge in [-0.15, -0.1) is 0 Å². The number of ether oxygens (including phenoxy) is 1. The molecule has 1 aromatic rings. The normalized spacial score (nSPS) is 8.38. The molecule has 0 spiro atoms. The Morgan fingerprint density at radius 1 is 1.31 bits per heavy atom. The van der Waals surface area contributed by atoms with E-state index in [0.717, 1.165) is 11.4 Å². The van der Waals surface area contributed by atoms with Gasteiger partial charge in [-0.2, -0.15) is 0 Å². The fraction of sp³-hybridized carbons (Fsp3) is 0.500. The first-order valence-corrected chi connectivity index (χ1v) is 4.41. The zero-order chi connectivity index (χ0) is 10.3. The maximum Gasteiger partial charge on any atom is 0.145 e. The molecule has 74 valence electrons. The highest BCUT2D eigenvalue weighted by molar-refractivity contribution is 5.55. The number of anilines is 1. The Hall–Kier alpha value is -1.25. The van der Waals surface area contributed by atoms with Crippen LogP contribution in [0.5, 0.6) is 5.75 Å². The summed E-state index contributed by atoms with van der Waals surface area (Å²) in [5, 5.41) is 0. The van der Waals surface area contributed by atoms with Crippen LogP contribution in [0.4, 0.5) is 5.69 Å². The third kappa shape index (κ3) is 3.32. The van der Waals surface area contributed by atoms with Crippen LogP contribution in [-0.4, -0.2) is 26.2 Å². The van der Waals surface area contributed by atoms with Gasteiger partial charge in [0.05, 0.1) is 19.0 Å². The van der Waals surface area contributed by atoms with Gasteiger partial charge in [-0.25, -0.2) is 0 Å². The molecule has 0 aliphatic heterocycles. The van der Waals surface area contributed by atoms with E-state index in [-0.39, 0.29) is 0 Å². The van der Waals surface area contributed by atoms with E-state index >= 15 is 0 Å². The summed E-state index contributed by atoms with van der Waals surface area (Å²) < 4.78 is 5.12. The standard InChI is InChI=1S/C8H12N2O.C2H6/c1-10(2)7-6-9-5-4-8(7)11-3;1-2/h4-6H,1-3H3;1-2H3. The van der Waals surface area contributed by atoms with Gasteiger partial charge in [0.15, 0.2) is 0 Å². The Morgan fingerprint density at radius 2 is 1.92 bits per heavy atom. The maximum atomic E-state index is 5.12. The Morgan fingerprint density at radius 3 is 2.31 bits per heavy atom. The van der Waals surface area contributed by atoms with Crippen molar-refractivity contribution in [3.63, 3.8) is 0 Å². The average Bonchev–Trinajstić information content (AvgIpc) is 2.20. The lowest BCUT2D eigenvalue weighted by atomic mass is 10.3. The molecule has 1 rings (SSSR count). The molecule has 3 heteroatoms. The Bertz CT molecular complexity index is 236.